The van der Waals surface area contributed by atoms with Gasteiger partial charge in [0.25, 0.3) is 0 Å². The SMILES string of the molecule is CCOc1ccccc1S(=O)(=O)N(CCN1CCOCC1)C1CCOCC1. The van der Waals surface area contributed by atoms with Gasteiger partial charge in [0.05, 0.1) is 19.8 Å². The zero-order valence-electron chi connectivity index (χ0n) is 16.0. The molecule has 2 aliphatic rings. The summed E-state index contributed by atoms with van der Waals surface area (Å²) in [4.78, 5) is 2.51. The molecule has 0 unspecified atom stereocenters. The molecule has 0 radical (unpaired) electrons. The van der Waals surface area contributed by atoms with E-state index in [2.05, 4.69) is 4.90 Å². The van der Waals surface area contributed by atoms with Crippen LogP contribution in [0.2, 0.25) is 0 Å². The smallest absolute Gasteiger partial charge is 0.247 e. The Morgan fingerprint density at radius 1 is 1.11 bits per heavy atom. The second kappa shape index (κ2) is 9.84. The molecule has 7 nitrogen and oxygen atoms in total. The maximum absolute atomic E-state index is 13.6. The lowest BCUT2D eigenvalue weighted by atomic mass is 10.1. The second-order valence-corrected chi connectivity index (χ2v) is 8.65. The molecule has 27 heavy (non-hydrogen) atoms. The molecule has 0 spiro atoms. The van der Waals surface area contributed by atoms with Crippen molar-refractivity contribution >= 4 is 10.0 Å². The summed E-state index contributed by atoms with van der Waals surface area (Å²) in [5.41, 5.74) is 0. The number of rotatable bonds is 8. The van der Waals surface area contributed by atoms with E-state index in [0.29, 0.717) is 51.9 Å². The second-order valence-electron chi connectivity index (χ2n) is 6.79. The lowest BCUT2D eigenvalue weighted by molar-refractivity contribution is 0.0291. The average Bonchev–Trinajstić information content (AvgIpc) is 2.70. The number of para-hydroxylation sites is 1. The van der Waals surface area contributed by atoms with Gasteiger partial charge in [-0.3, -0.25) is 4.90 Å². The van der Waals surface area contributed by atoms with Crippen LogP contribution in [0.1, 0.15) is 19.8 Å². The average molecular weight is 399 g/mol. The van der Waals surface area contributed by atoms with Gasteiger partial charge in [0.1, 0.15) is 10.6 Å². The Bertz CT molecular complexity index is 685. The van der Waals surface area contributed by atoms with Crippen molar-refractivity contribution in [2.45, 2.75) is 30.7 Å². The summed E-state index contributed by atoms with van der Waals surface area (Å²) in [6.45, 7) is 7.76. The molecule has 2 saturated heterocycles. The Hall–Kier alpha value is -1.19. The molecule has 0 saturated carbocycles. The van der Waals surface area contributed by atoms with Crippen molar-refractivity contribution < 1.29 is 22.6 Å². The van der Waals surface area contributed by atoms with E-state index in [1.807, 2.05) is 6.92 Å². The van der Waals surface area contributed by atoms with Gasteiger partial charge in [-0.25, -0.2) is 8.42 Å². The van der Waals surface area contributed by atoms with E-state index in [0.717, 1.165) is 25.9 Å². The fraction of sp³-hybridized carbons (Fsp3) is 0.684. The fourth-order valence-electron chi connectivity index (χ4n) is 3.60. The molecule has 1 aromatic carbocycles. The standard InChI is InChI=1S/C19H30N2O5S/c1-2-26-18-5-3-4-6-19(18)27(22,23)21(17-7-13-24-14-8-17)10-9-20-11-15-25-16-12-20/h3-6,17H,2,7-16H2,1H3. The molecule has 8 heteroatoms. The minimum atomic E-state index is -3.66. The Morgan fingerprint density at radius 3 is 2.48 bits per heavy atom. The maximum Gasteiger partial charge on any atom is 0.247 e. The lowest BCUT2D eigenvalue weighted by Crippen LogP contribution is -2.48. The molecule has 0 atom stereocenters. The third kappa shape index (κ3) is 5.20. The Labute approximate surface area is 162 Å². The first kappa shape index (κ1) is 20.5. The number of nitrogens with zero attached hydrogens (tertiary/aromatic N) is 2. The molecule has 0 amide bonds. The molecule has 0 aromatic heterocycles. The van der Waals surface area contributed by atoms with E-state index in [9.17, 15) is 8.42 Å². The van der Waals surface area contributed by atoms with Crippen molar-refractivity contribution in [2.75, 3.05) is 59.2 Å². The van der Waals surface area contributed by atoms with Gasteiger partial charge >= 0.3 is 0 Å². The van der Waals surface area contributed by atoms with Crippen LogP contribution in [0.4, 0.5) is 0 Å². The Balaban J connectivity index is 1.83. The normalized spacial score (nSPS) is 20.1. The van der Waals surface area contributed by atoms with E-state index in [-0.39, 0.29) is 10.9 Å². The Kier molecular flexibility index (Phi) is 7.49. The van der Waals surface area contributed by atoms with Gasteiger partial charge in [0.2, 0.25) is 10.0 Å². The van der Waals surface area contributed by atoms with Gasteiger partial charge in [-0.05, 0) is 31.9 Å². The summed E-state index contributed by atoms with van der Waals surface area (Å²) < 4.78 is 45.2. The van der Waals surface area contributed by atoms with E-state index in [1.165, 1.54) is 0 Å². The van der Waals surface area contributed by atoms with Gasteiger partial charge in [-0.15, -0.1) is 0 Å². The third-order valence-corrected chi connectivity index (χ3v) is 7.07. The predicted octanol–water partition coefficient (Wildman–Crippen LogP) is 1.59. The molecular formula is C19H30N2O5S. The minimum absolute atomic E-state index is 0.0422. The van der Waals surface area contributed by atoms with Crippen LogP contribution in [-0.4, -0.2) is 82.9 Å². The molecule has 2 aliphatic heterocycles. The van der Waals surface area contributed by atoms with Crippen LogP contribution in [0.3, 0.4) is 0 Å². The topological polar surface area (TPSA) is 68.3 Å². The molecule has 2 fully saturated rings. The quantitative estimate of drug-likeness (QED) is 0.662. The van der Waals surface area contributed by atoms with Crippen LogP contribution in [-0.2, 0) is 19.5 Å². The lowest BCUT2D eigenvalue weighted by Gasteiger charge is -2.35. The number of hydrogen-bond donors (Lipinski definition) is 0. The molecule has 0 N–H and O–H groups in total. The first-order valence-corrected chi connectivity index (χ1v) is 11.2. The highest BCUT2D eigenvalue weighted by Crippen LogP contribution is 2.30. The van der Waals surface area contributed by atoms with E-state index in [4.69, 9.17) is 14.2 Å². The van der Waals surface area contributed by atoms with Gasteiger partial charge in [-0.1, -0.05) is 12.1 Å². The van der Waals surface area contributed by atoms with Crippen molar-refractivity contribution in [2.24, 2.45) is 0 Å². The van der Waals surface area contributed by atoms with Crippen LogP contribution < -0.4 is 4.74 Å². The highest BCUT2D eigenvalue weighted by atomic mass is 32.2. The molecule has 3 rings (SSSR count). The summed E-state index contributed by atoms with van der Waals surface area (Å²) in [5, 5.41) is 0. The van der Waals surface area contributed by atoms with E-state index < -0.39 is 10.0 Å². The van der Waals surface area contributed by atoms with E-state index in [1.54, 1.807) is 28.6 Å². The molecule has 2 heterocycles. The summed E-state index contributed by atoms with van der Waals surface area (Å²) in [6.07, 6.45) is 1.44. The number of ether oxygens (including phenoxy) is 3. The number of sulfonamides is 1. The van der Waals surface area contributed by atoms with Gasteiger partial charge in [-0.2, -0.15) is 4.31 Å². The summed E-state index contributed by atoms with van der Waals surface area (Å²) in [6, 6.07) is 6.87. The van der Waals surface area contributed by atoms with Crippen LogP contribution >= 0.6 is 0 Å². The van der Waals surface area contributed by atoms with Crippen LogP contribution in [0.5, 0.6) is 5.75 Å². The van der Waals surface area contributed by atoms with Crippen molar-refractivity contribution in [3.05, 3.63) is 24.3 Å². The monoisotopic (exact) mass is 398 g/mol. The van der Waals surface area contributed by atoms with Crippen LogP contribution in [0, 0.1) is 0 Å². The minimum Gasteiger partial charge on any atom is -0.492 e. The van der Waals surface area contributed by atoms with Crippen LogP contribution in [0.15, 0.2) is 29.2 Å². The van der Waals surface area contributed by atoms with Crippen molar-refractivity contribution in [3.63, 3.8) is 0 Å². The number of morpholine rings is 1. The van der Waals surface area contributed by atoms with Gasteiger partial charge < -0.3 is 14.2 Å². The molecule has 152 valence electrons. The molecule has 0 aliphatic carbocycles. The van der Waals surface area contributed by atoms with E-state index >= 15 is 0 Å². The maximum atomic E-state index is 13.6. The predicted molar refractivity (Wildman–Crippen MR) is 103 cm³/mol. The largest absolute Gasteiger partial charge is 0.492 e. The van der Waals surface area contributed by atoms with Gasteiger partial charge in [0.15, 0.2) is 0 Å². The van der Waals surface area contributed by atoms with Crippen molar-refractivity contribution in [1.82, 2.24) is 9.21 Å². The molecule has 0 bridgehead atoms. The molecular weight excluding hydrogens is 368 g/mol. The van der Waals surface area contributed by atoms with Crippen LogP contribution in [0.25, 0.3) is 0 Å². The zero-order chi connectivity index (χ0) is 19.1. The third-order valence-electron chi connectivity index (χ3n) is 5.07. The van der Waals surface area contributed by atoms with Crippen molar-refractivity contribution in [3.8, 4) is 5.75 Å². The zero-order valence-corrected chi connectivity index (χ0v) is 16.8. The molecule has 1 aromatic rings. The first-order valence-electron chi connectivity index (χ1n) is 9.74. The highest BCUT2D eigenvalue weighted by Gasteiger charge is 2.34. The first-order chi connectivity index (χ1) is 13.1. The summed E-state index contributed by atoms with van der Waals surface area (Å²) in [5.74, 6) is 0.420. The summed E-state index contributed by atoms with van der Waals surface area (Å²) in [7, 11) is -3.66. The highest BCUT2D eigenvalue weighted by molar-refractivity contribution is 7.89. The Morgan fingerprint density at radius 2 is 1.78 bits per heavy atom. The van der Waals surface area contributed by atoms with Gasteiger partial charge in [0, 0.05) is 45.4 Å². The van der Waals surface area contributed by atoms with Crippen molar-refractivity contribution in [1.29, 1.82) is 0 Å². The number of benzene rings is 1. The number of hydrogen-bond acceptors (Lipinski definition) is 6. The fourth-order valence-corrected chi connectivity index (χ4v) is 5.41. The summed E-state index contributed by atoms with van der Waals surface area (Å²) >= 11 is 0.